The summed E-state index contributed by atoms with van der Waals surface area (Å²) < 4.78 is 64.3. The molecule has 3 rings (SSSR count). The van der Waals surface area contributed by atoms with Gasteiger partial charge in [0.1, 0.15) is 4.75 Å². The van der Waals surface area contributed by atoms with Gasteiger partial charge >= 0.3 is 6.18 Å². The lowest BCUT2D eigenvalue weighted by Gasteiger charge is -2.43. The topological polar surface area (TPSA) is 56.3 Å². The number of anilines is 1. The second-order valence-corrected chi connectivity index (χ2v) is 18.2. The van der Waals surface area contributed by atoms with Crippen molar-refractivity contribution in [1.29, 1.82) is 0 Å². The van der Waals surface area contributed by atoms with Crippen molar-refractivity contribution in [3.8, 4) is 0 Å². The molecule has 1 unspecified atom stereocenters. The first-order chi connectivity index (χ1) is 18.6. The molecule has 2 N–H and O–H groups in total. The normalized spacial score (nSPS) is 14.6. The van der Waals surface area contributed by atoms with E-state index in [-0.39, 0.29) is 23.9 Å². The van der Waals surface area contributed by atoms with Gasteiger partial charge in [-0.05, 0) is 54.7 Å². The lowest BCUT2D eigenvalue weighted by atomic mass is 10.0. The van der Waals surface area contributed by atoms with Crippen LogP contribution in [0.15, 0.2) is 78.9 Å². The highest BCUT2D eigenvalue weighted by Gasteiger charge is 2.50. The van der Waals surface area contributed by atoms with Crippen LogP contribution >= 0.6 is 0 Å². The summed E-state index contributed by atoms with van der Waals surface area (Å²) in [5, 5.41) is 5.01. The van der Waals surface area contributed by atoms with Crippen LogP contribution in [0.25, 0.3) is 0 Å². The van der Waals surface area contributed by atoms with Crippen molar-refractivity contribution in [2.24, 2.45) is 0 Å². The van der Waals surface area contributed by atoms with E-state index < -0.39 is 42.2 Å². The van der Waals surface area contributed by atoms with Gasteiger partial charge in [0.05, 0.1) is 23.9 Å². The van der Waals surface area contributed by atoms with Crippen molar-refractivity contribution < 1.29 is 22.2 Å². The van der Waals surface area contributed by atoms with Crippen molar-refractivity contribution >= 4 is 35.7 Å². The first-order valence-corrected chi connectivity index (χ1v) is 16.5. The molecule has 2 atom stereocenters. The standard InChI is InChI=1S/C31H41F3N2O2SSi/c1-23(36-39(37)29(2,3)4)26-19-14-20-27(31(32,33)34)28(26)35-21-22-38-40(30(5,6)7,24-15-10-8-11-16-24)25-17-12-9-13-18-25/h8-20,23,35-36H,21-22H2,1-7H3/t23-,39?/m1/s1. The molecule has 3 aromatic rings. The van der Waals surface area contributed by atoms with Gasteiger partial charge in [0.15, 0.2) is 0 Å². The van der Waals surface area contributed by atoms with Crippen LogP contribution in [0, 0.1) is 0 Å². The Bertz CT molecular complexity index is 1190. The summed E-state index contributed by atoms with van der Waals surface area (Å²) in [7, 11) is -2.83. The second kappa shape index (κ2) is 12.7. The Labute approximate surface area is 241 Å². The summed E-state index contributed by atoms with van der Waals surface area (Å²) in [5.74, 6) is 0. The van der Waals surface area contributed by atoms with Crippen molar-refractivity contribution in [3.05, 3.63) is 90.0 Å². The van der Waals surface area contributed by atoms with E-state index in [0.717, 1.165) is 16.4 Å². The first kappa shape index (κ1) is 32.2. The van der Waals surface area contributed by atoms with Crippen molar-refractivity contribution in [2.45, 2.75) is 70.5 Å². The maximum absolute atomic E-state index is 14.1. The number of alkyl halides is 3. The van der Waals surface area contributed by atoms with Gasteiger partial charge in [-0.2, -0.15) is 13.2 Å². The highest BCUT2D eigenvalue weighted by Crippen LogP contribution is 2.39. The summed E-state index contributed by atoms with van der Waals surface area (Å²) in [6.45, 7) is 14.0. The van der Waals surface area contributed by atoms with Crippen LogP contribution in [0.2, 0.25) is 5.04 Å². The molecular weight excluding hydrogens is 550 g/mol. The largest absolute Gasteiger partial charge is 0.598 e. The molecule has 0 aromatic heterocycles. The third kappa shape index (κ3) is 7.31. The Kier molecular flexibility index (Phi) is 10.2. The summed E-state index contributed by atoms with van der Waals surface area (Å²) in [4.78, 5) is 0. The summed E-state index contributed by atoms with van der Waals surface area (Å²) in [5.41, 5.74) is -0.379. The number of para-hydroxylation sites is 1. The van der Waals surface area contributed by atoms with Crippen LogP contribution in [0.4, 0.5) is 18.9 Å². The predicted octanol–water partition coefficient (Wildman–Crippen LogP) is 6.81. The van der Waals surface area contributed by atoms with Gasteiger partial charge in [-0.3, -0.25) is 0 Å². The average Bonchev–Trinajstić information content (AvgIpc) is 2.87. The Morgan fingerprint density at radius 1 is 0.825 bits per heavy atom. The smallest absolute Gasteiger partial charge is 0.418 e. The zero-order valence-corrected chi connectivity index (χ0v) is 26.2. The van der Waals surface area contributed by atoms with E-state index in [1.165, 1.54) is 6.07 Å². The van der Waals surface area contributed by atoms with Gasteiger partial charge in [-0.1, -0.05) is 93.6 Å². The third-order valence-electron chi connectivity index (χ3n) is 6.85. The maximum Gasteiger partial charge on any atom is 0.418 e. The second-order valence-electron chi connectivity index (χ2n) is 11.9. The van der Waals surface area contributed by atoms with Crippen LogP contribution in [0.5, 0.6) is 0 Å². The Morgan fingerprint density at radius 2 is 1.35 bits per heavy atom. The predicted molar refractivity (Wildman–Crippen MR) is 163 cm³/mol. The van der Waals surface area contributed by atoms with Gasteiger partial charge < -0.3 is 14.3 Å². The van der Waals surface area contributed by atoms with E-state index in [2.05, 4.69) is 55.1 Å². The highest BCUT2D eigenvalue weighted by molar-refractivity contribution is 7.90. The lowest BCUT2D eigenvalue weighted by molar-refractivity contribution is -0.137. The van der Waals surface area contributed by atoms with E-state index in [1.807, 2.05) is 57.2 Å². The van der Waals surface area contributed by atoms with E-state index in [9.17, 15) is 17.7 Å². The minimum atomic E-state index is -4.56. The Morgan fingerprint density at radius 3 is 1.80 bits per heavy atom. The SMILES string of the molecule is C[C@@H](N[S+]([O-])C(C)(C)C)c1cccc(C(F)(F)F)c1NCCO[Si](c1ccccc1)(c1ccccc1)C(C)(C)C. The molecule has 218 valence electrons. The third-order valence-corrected chi connectivity index (χ3v) is 13.6. The molecule has 0 amide bonds. The Hall–Kier alpha value is -2.30. The van der Waals surface area contributed by atoms with Crippen molar-refractivity contribution in [2.75, 3.05) is 18.5 Å². The quantitative estimate of drug-likeness (QED) is 0.155. The molecule has 40 heavy (non-hydrogen) atoms. The molecule has 0 bridgehead atoms. The number of rotatable bonds is 10. The number of halogens is 3. The highest BCUT2D eigenvalue weighted by atomic mass is 32.2. The molecule has 0 aliphatic rings. The average molecular weight is 591 g/mol. The van der Waals surface area contributed by atoms with Gasteiger partial charge in [-0.25, -0.2) is 0 Å². The van der Waals surface area contributed by atoms with Crippen LogP contribution in [0.1, 0.15) is 65.6 Å². The molecule has 0 saturated heterocycles. The number of benzene rings is 3. The van der Waals surface area contributed by atoms with E-state index in [0.29, 0.717) is 5.56 Å². The molecule has 3 aromatic carbocycles. The molecule has 0 aliphatic carbocycles. The van der Waals surface area contributed by atoms with Crippen molar-refractivity contribution in [1.82, 2.24) is 4.72 Å². The van der Waals surface area contributed by atoms with Crippen LogP contribution < -0.4 is 20.4 Å². The summed E-state index contributed by atoms with van der Waals surface area (Å²) in [6.07, 6.45) is -4.56. The van der Waals surface area contributed by atoms with Crippen LogP contribution in [-0.2, 0) is 22.0 Å². The van der Waals surface area contributed by atoms with Gasteiger partial charge in [0.2, 0.25) is 0 Å². The molecule has 4 nitrogen and oxygen atoms in total. The van der Waals surface area contributed by atoms with Gasteiger partial charge in [-0.15, -0.1) is 4.72 Å². The molecule has 0 saturated carbocycles. The monoisotopic (exact) mass is 590 g/mol. The zero-order chi connectivity index (χ0) is 29.8. The molecule has 0 radical (unpaired) electrons. The molecule has 0 spiro atoms. The van der Waals surface area contributed by atoms with Crippen LogP contribution in [-0.4, -0.2) is 30.8 Å². The fourth-order valence-corrected chi connectivity index (χ4v) is 10.3. The molecular formula is C31H41F3N2O2SSi. The van der Waals surface area contributed by atoms with E-state index >= 15 is 0 Å². The molecule has 0 aliphatic heterocycles. The van der Waals surface area contributed by atoms with Gasteiger partial charge in [0.25, 0.3) is 8.32 Å². The van der Waals surface area contributed by atoms with Gasteiger partial charge in [0, 0.05) is 17.9 Å². The number of hydrogen-bond donors (Lipinski definition) is 2. The fourth-order valence-electron chi connectivity index (χ4n) is 4.91. The summed E-state index contributed by atoms with van der Waals surface area (Å²) >= 11 is -1.45. The maximum atomic E-state index is 14.1. The fraction of sp³-hybridized carbons (Fsp3) is 0.419. The molecule has 0 heterocycles. The minimum Gasteiger partial charge on any atom is -0.598 e. The van der Waals surface area contributed by atoms with E-state index in [4.69, 9.17) is 4.43 Å². The lowest BCUT2D eigenvalue weighted by Crippen LogP contribution is -2.66. The first-order valence-electron chi connectivity index (χ1n) is 13.5. The Balaban J connectivity index is 1.93. The minimum absolute atomic E-state index is 0.0213. The number of nitrogens with one attached hydrogen (secondary N) is 2. The van der Waals surface area contributed by atoms with Crippen LogP contribution in [0.3, 0.4) is 0 Å². The van der Waals surface area contributed by atoms with E-state index in [1.54, 1.807) is 13.0 Å². The number of hydrogen-bond acceptors (Lipinski definition) is 4. The summed E-state index contributed by atoms with van der Waals surface area (Å²) in [6, 6.07) is 23.8. The molecule has 0 fully saturated rings. The zero-order valence-electron chi connectivity index (χ0n) is 24.4. The molecule has 9 heteroatoms. The van der Waals surface area contributed by atoms with Crippen molar-refractivity contribution in [3.63, 3.8) is 0 Å².